The number of carbonyl (C=O) groups is 2. The maximum atomic E-state index is 13.1. The van der Waals surface area contributed by atoms with E-state index in [0.29, 0.717) is 24.0 Å². The van der Waals surface area contributed by atoms with E-state index in [0.717, 1.165) is 5.57 Å². The van der Waals surface area contributed by atoms with Gasteiger partial charge in [0.1, 0.15) is 0 Å². The quantitative estimate of drug-likeness (QED) is 0.565. The normalized spacial score (nSPS) is 33.7. The van der Waals surface area contributed by atoms with Gasteiger partial charge in [0.15, 0.2) is 21.4 Å². The van der Waals surface area contributed by atoms with Crippen molar-refractivity contribution in [2.45, 2.75) is 51.9 Å². The third kappa shape index (κ3) is 3.28. The summed E-state index contributed by atoms with van der Waals surface area (Å²) in [6.45, 7) is 7.04. The van der Waals surface area contributed by atoms with Gasteiger partial charge in [0.05, 0.1) is 24.2 Å². The summed E-state index contributed by atoms with van der Waals surface area (Å²) in [6, 6.07) is 0. The van der Waals surface area contributed by atoms with E-state index in [4.69, 9.17) is 4.74 Å². The summed E-state index contributed by atoms with van der Waals surface area (Å²) in [5.41, 5.74) is 1.82. The zero-order valence-electron chi connectivity index (χ0n) is 17.0. The summed E-state index contributed by atoms with van der Waals surface area (Å²) in [6.07, 6.45) is 1.64. The smallest absolute Gasteiger partial charge is 0.224 e. The van der Waals surface area contributed by atoms with Crippen LogP contribution in [0.1, 0.15) is 40.5 Å². The number of methoxy groups -OCH3 is 1. The first kappa shape index (κ1) is 21.0. The van der Waals surface area contributed by atoms with Crippen molar-refractivity contribution in [1.29, 1.82) is 0 Å². The van der Waals surface area contributed by atoms with Gasteiger partial charge in [-0.15, -0.1) is 0 Å². The van der Waals surface area contributed by atoms with Gasteiger partial charge in [-0.05, 0) is 38.5 Å². The van der Waals surface area contributed by atoms with E-state index in [2.05, 4.69) is 0 Å². The molecule has 0 saturated heterocycles. The Kier molecular flexibility index (Phi) is 5.44. The molecule has 2 aliphatic carbocycles. The van der Waals surface area contributed by atoms with E-state index in [9.17, 15) is 23.1 Å². The van der Waals surface area contributed by atoms with Gasteiger partial charge in [0, 0.05) is 22.6 Å². The van der Waals surface area contributed by atoms with Crippen molar-refractivity contribution < 1.29 is 27.9 Å². The zero-order chi connectivity index (χ0) is 21.0. The van der Waals surface area contributed by atoms with E-state index >= 15 is 0 Å². The number of aliphatic hydroxyl groups excluding tert-OH is 1. The van der Waals surface area contributed by atoms with E-state index in [1.165, 1.54) is 7.11 Å². The van der Waals surface area contributed by atoms with Gasteiger partial charge in [-0.25, -0.2) is 8.42 Å². The molecule has 28 heavy (non-hydrogen) atoms. The van der Waals surface area contributed by atoms with Crippen molar-refractivity contribution in [3.05, 3.63) is 34.1 Å². The van der Waals surface area contributed by atoms with Gasteiger partial charge in [-0.1, -0.05) is 25.5 Å². The van der Waals surface area contributed by atoms with Gasteiger partial charge in [0.25, 0.3) is 0 Å². The Morgan fingerprint density at radius 2 is 1.86 bits per heavy atom. The fraction of sp³-hybridized carbons (Fsp3) is 0.619. The van der Waals surface area contributed by atoms with Crippen LogP contribution in [0.25, 0.3) is 0 Å². The second kappa shape index (κ2) is 7.26. The standard InChI is InChI=1S/C21H28O6S/c1-10-6-14(28(25,26)9-10)7-11(2)16-15(22)8-12(3)17-18(16)19(23)13(4)21(27-5)20(17)24/h6,11-12,14-16,22H,7-9H2,1-5H3/t11-,12-,14?,15-,16-/m0/s1. The first-order valence-electron chi connectivity index (χ1n) is 9.64. The lowest BCUT2D eigenvalue weighted by Crippen LogP contribution is -2.43. The predicted octanol–water partition coefficient (Wildman–Crippen LogP) is 2.14. The molecule has 0 aromatic heterocycles. The molecule has 7 heteroatoms. The minimum absolute atomic E-state index is 0.0546. The fourth-order valence-electron chi connectivity index (χ4n) is 5.01. The fourth-order valence-corrected chi connectivity index (χ4v) is 6.99. The average Bonchev–Trinajstić information content (AvgIpc) is 2.83. The molecule has 0 saturated carbocycles. The Morgan fingerprint density at radius 3 is 2.39 bits per heavy atom. The van der Waals surface area contributed by atoms with Crippen LogP contribution in [0.3, 0.4) is 0 Å². The Bertz CT molecular complexity index is 921. The third-order valence-corrected chi connectivity index (χ3v) is 8.39. The Labute approximate surface area is 166 Å². The van der Waals surface area contributed by atoms with Gasteiger partial charge in [0.2, 0.25) is 5.78 Å². The molecule has 0 aromatic carbocycles. The molecule has 5 atom stereocenters. The molecule has 1 N–H and O–H groups in total. The molecular weight excluding hydrogens is 380 g/mol. The predicted molar refractivity (Wildman–Crippen MR) is 105 cm³/mol. The molecule has 0 bridgehead atoms. The highest BCUT2D eigenvalue weighted by Crippen LogP contribution is 2.45. The van der Waals surface area contributed by atoms with Crippen LogP contribution in [-0.4, -0.2) is 49.3 Å². The van der Waals surface area contributed by atoms with Crippen molar-refractivity contribution in [2.24, 2.45) is 17.8 Å². The molecule has 0 radical (unpaired) electrons. The number of rotatable bonds is 4. The lowest BCUT2D eigenvalue weighted by molar-refractivity contribution is -0.121. The van der Waals surface area contributed by atoms with Gasteiger partial charge < -0.3 is 9.84 Å². The molecule has 3 aliphatic rings. The molecule has 0 spiro atoms. The lowest BCUT2D eigenvalue weighted by Gasteiger charge is -2.40. The highest BCUT2D eigenvalue weighted by Gasteiger charge is 2.47. The summed E-state index contributed by atoms with van der Waals surface area (Å²) >= 11 is 0. The summed E-state index contributed by atoms with van der Waals surface area (Å²) < 4.78 is 29.9. The van der Waals surface area contributed by atoms with E-state index in [1.807, 2.05) is 13.8 Å². The largest absolute Gasteiger partial charge is 0.492 e. The van der Waals surface area contributed by atoms with Crippen LogP contribution in [0.2, 0.25) is 0 Å². The molecule has 0 aromatic rings. The molecular formula is C21H28O6S. The van der Waals surface area contributed by atoms with E-state index in [-0.39, 0.29) is 40.5 Å². The molecule has 154 valence electrons. The summed E-state index contributed by atoms with van der Waals surface area (Å²) in [4.78, 5) is 26.1. The number of Topliss-reactive ketones (excluding diaryl/α,β-unsaturated/α-hetero) is 2. The molecule has 1 aliphatic heterocycles. The van der Waals surface area contributed by atoms with Crippen LogP contribution in [0.15, 0.2) is 34.1 Å². The van der Waals surface area contributed by atoms with Gasteiger partial charge >= 0.3 is 0 Å². The van der Waals surface area contributed by atoms with Crippen molar-refractivity contribution >= 4 is 21.4 Å². The van der Waals surface area contributed by atoms with Crippen molar-refractivity contribution in [3.8, 4) is 0 Å². The van der Waals surface area contributed by atoms with Crippen LogP contribution in [-0.2, 0) is 24.2 Å². The molecule has 1 unspecified atom stereocenters. The number of ether oxygens (including phenoxy) is 1. The van der Waals surface area contributed by atoms with Crippen molar-refractivity contribution in [3.63, 3.8) is 0 Å². The topological polar surface area (TPSA) is 97.7 Å². The molecule has 0 fully saturated rings. The van der Waals surface area contributed by atoms with Crippen LogP contribution < -0.4 is 0 Å². The van der Waals surface area contributed by atoms with Crippen LogP contribution in [0.5, 0.6) is 0 Å². The number of ketones is 2. The third-order valence-electron chi connectivity index (χ3n) is 6.28. The van der Waals surface area contributed by atoms with Crippen molar-refractivity contribution in [1.82, 2.24) is 0 Å². The Morgan fingerprint density at radius 1 is 1.21 bits per heavy atom. The first-order valence-corrected chi connectivity index (χ1v) is 11.4. The van der Waals surface area contributed by atoms with E-state index in [1.54, 1.807) is 19.9 Å². The second-order valence-corrected chi connectivity index (χ2v) is 10.7. The minimum Gasteiger partial charge on any atom is -0.492 e. The molecule has 1 heterocycles. The average molecular weight is 409 g/mol. The summed E-state index contributed by atoms with van der Waals surface area (Å²) in [5.74, 6) is -1.57. The number of hydrogen-bond acceptors (Lipinski definition) is 6. The number of hydrogen-bond donors (Lipinski definition) is 1. The monoisotopic (exact) mass is 408 g/mol. The zero-order valence-corrected chi connectivity index (χ0v) is 17.8. The minimum atomic E-state index is -3.25. The van der Waals surface area contributed by atoms with E-state index < -0.39 is 27.1 Å². The van der Waals surface area contributed by atoms with Crippen LogP contribution in [0, 0.1) is 17.8 Å². The Hall–Kier alpha value is -1.73. The summed E-state index contributed by atoms with van der Waals surface area (Å²) in [5, 5.41) is 10.2. The van der Waals surface area contributed by atoms with Crippen LogP contribution >= 0.6 is 0 Å². The van der Waals surface area contributed by atoms with Crippen molar-refractivity contribution in [2.75, 3.05) is 12.9 Å². The second-order valence-electron chi connectivity index (χ2n) is 8.45. The Balaban J connectivity index is 2.01. The molecule has 0 amide bonds. The first-order chi connectivity index (χ1) is 13.0. The highest BCUT2D eigenvalue weighted by molar-refractivity contribution is 7.92. The number of carbonyl (C=O) groups excluding carboxylic acids is 2. The maximum absolute atomic E-state index is 13.1. The van der Waals surface area contributed by atoms with Crippen LogP contribution in [0.4, 0.5) is 0 Å². The van der Waals surface area contributed by atoms with Gasteiger partial charge in [-0.2, -0.15) is 0 Å². The number of sulfone groups is 1. The number of allylic oxidation sites excluding steroid dienone is 2. The summed E-state index contributed by atoms with van der Waals surface area (Å²) in [7, 11) is -1.87. The maximum Gasteiger partial charge on any atom is 0.224 e. The molecule has 3 rings (SSSR count). The lowest BCUT2D eigenvalue weighted by atomic mass is 9.65. The molecule has 6 nitrogen and oxygen atoms in total. The SMILES string of the molecule is COC1=C(C)C(=O)C2=C(C1=O)[C@@H](C)C[C@H](O)[C@@H]2[C@@H](C)CC1C=C(C)CS1(=O)=O. The highest BCUT2D eigenvalue weighted by atomic mass is 32.2. The number of aliphatic hydroxyl groups is 1. The van der Waals surface area contributed by atoms with Gasteiger partial charge in [-0.3, -0.25) is 9.59 Å².